The summed E-state index contributed by atoms with van der Waals surface area (Å²) < 4.78 is 0. The van der Waals surface area contributed by atoms with E-state index in [0.29, 0.717) is 0 Å². The third-order valence-electron chi connectivity index (χ3n) is 12.6. The Bertz CT molecular complexity index is 2290. The first-order valence-electron chi connectivity index (χ1n) is 25.7. The first kappa shape index (κ1) is 91.0. The Morgan fingerprint density at radius 2 is 0.318 bits per heavy atom. The summed E-state index contributed by atoms with van der Waals surface area (Å²) in [5.41, 5.74) is 33.9. The van der Waals surface area contributed by atoms with Crippen molar-refractivity contribution in [2.45, 2.75) is 74.8 Å². The predicted molar refractivity (Wildman–Crippen MR) is 345 cm³/mol. The summed E-state index contributed by atoms with van der Waals surface area (Å²) in [6.07, 6.45) is 5.63. The molecule has 0 atom stereocenters. The van der Waals surface area contributed by atoms with Gasteiger partial charge in [0.15, 0.2) is 0 Å². The van der Waals surface area contributed by atoms with E-state index >= 15 is 0 Å². The quantitative estimate of drug-likeness (QED) is 0.0510. The predicted octanol–water partition coefficient (Wildman–Crippen LogP) is -8.53. The molecule has 0 heterocycles. The van der Waals surface area contributed by atoms with Crippen LogP contribution in [0.3, 0.4) is 0 Å². The zero-order valence-corrected chi connectivity index (χ0v) is 57.8. The molecule has 85 heavy (non-hydrogen) atoms. The molecule has 0 spiro atoms. The molecule has 10 rings (SSSR count). The fourth-order valence-corrected chi connectivity index (χ4v) is 17.8. The second kappa shape index (κ2) is 51.0. The van der Waals surface area contributed by atoms with Crippen LogP contribution >= 0.6 is 31.7 Å². The molecular formula is C64H82Cl5N6O4P4Ru2. The number of halogens is 5. The molecule has 0 saturated heterocycles. The molecule has 0 bridgehead atoms. The Balaban J connectivity index is -0.000000353. The topological polar surface area (TPSA) is 282 Å². The zero-order chi connectivity index (χ0) is 51.7. The van der Waals surface area contributed by atoms with Crippen molar-refractivity contribution in [3.63, 3.8) is 0 Å². The molecule has 0 aromatic heterocycles. The standard InChI is InChI=1S/2C26H22P2.2C6H15N3.5ClH.4H2O.2Ru/c2*1-5-13-23(14-6-1)27(24-15-7-2-8-16-24)21-22-28(25-17-9-3-10-18-25)26-19-11-4-12-20-26;2*7-4-1-5(8)3-6(9)2-4;;;;;;;;;;;/h2*1-22H;2*4-6H,1-3,7-9H2;5*1H;4*1H2;;/q;;;;;;;;;;;;;+2;+3/p-5/b2*22-21-;;;;;;;;;;;;;. The van der Waals surface area contributed by atoms with E-state index in [1.165, 1.54) is 42.4 Å². The van der Waals surface area contributed by atoms with Crippen molar-refractivity contribution < 1.29 is 123 Å². The summed E-state index contributed by atoms with van der Waals surface area (Å²) in [6, 6.07) is 88.3. The molecule has 8 aromatic rings. The van der Waals surface area contributed by atoms with Crippen LogP contribution in [0.5, 0.6) is 0 Å². The number of nitrogens with two attached hydrogens (primary N) is 6. The van der Waals surface area contributed by atoms with Crippen molar-refractivity contribution in [3.05, 3.63) is 266 Å². The minimum atomic E-state index is -0.528. The summed E-state index contributed by atoms with van der Waals surface area (Å²) in [5, 5.41) is 11.1. The third kappa shape index (κ3) is 31.5. The monoisotopic (exact) mass is 1500 g/mol. The van der Waals surface area contributed by atoms with Crippen molar-refractivity contribution in [2.75, 3.05) is 0 Å². The molecule has 0 amide bonds. The van der Waals surface area contributed by atoms with Crippen molar-refractivity contribution in [3.8, 4) is 0 Å². The summed E-state index contributed by atoms with van der Waals surface area (Å²) in [4.78, 5) is 0. The van der Waals surface area contributed by atoms with Crippen LogP contribution in [0, 0.1) is 0 Å². The van der Waals surface area contributed by atoms with Gasteiger partial charge >= 0.3 is 39.0 Å². The molecule has 21 heteroatoms. The molecule has 8 aromatic carbocycles. The summed E-state index contributed by atoms with van der Waals surface area (Å²) in [5.74, 6) is 9.80. The van der Waals surface area contributed by atoms with E-state index < -0.39 is 31.7 Å². The fourth-order valence-electron chi connectivity index (χ4n) is 9.17. The zero-order valence-electron chi connectivity index (χ0n) is 47.0. The number of rotatable bonds is 12. The van der Waals surface area contributed by atoms with Crippen LogP contribution in [-0.2, 0) is 39.0 Å². The molecule has 10 nitrogen and oxygen atoms in total. The fraction of sp³-hybridized carbons (Fsp3) is 0.188. The van der Waals surface area contributed by atoms with Crippen LogP contribution in [0.2, 0.25) is 0 Å². The summed E-state index contributed by atoms with van der Waals surface area (Å²) in [7, 11) is -2.11. The van der Waals surface area contributed by atoms with Gasteiger partial charge in [0.2, 0.25) is 0 Å². The third-order valence-corrected chi connectivity index (χ3v) is 21.7. The molecule has 463 valence electrons. The van der Waals surface area contributed by atoms with E-state index in [-0.39, 0.29) is 159 Å². The Hall–Kier alpha value is -2.74. The summed E-state index contributed by atoms with van der Waals surface area (Å²) >= 11 is 0. The van der Waals surface area contributed by atoms with E-state index in [1.807, 2.05) is 0 Å². The van der Waals surface area contributed by atoms with Gasteiger partial charge in [0.05, 0.1) is 0 Å². The second-order valence-corrected chi connectivity index (χ2v) is 27.0. The Kier molecular flexibility index (Phi) is 54.6. The van der Waals surface area contributed by atoms with Gasteiger partial charge in [-0.25, -0.2) is 0 Å². The maximum absolute atomic E-state index is 5.66. The number of hydrogen-bond donors (Lipinski definition) is 6. The SMILES string of the molecule is C(=C/P(c1ccccc1)c1ccccc1)/P(c1ccccc1)c1ccccc1.C(=C/P(c1ccccc1)c1ccccc1)/P(c1ccccc1)c1ccccc1.NC1CC(N)CC(N)C1.NC1CC(N)CC(N)C1.O.O.O.O.[Cl-].[Cl-].[Cl-].[Cl-].[Cl-].[Ru+2].[Ru+3]. The van der Waals surface area contributed by atoms with E-state index in [2.05, 4.69) is 266 Å². The molecule has 2 aliphatic rings. The van der Waals surface area contributed by atoms with Crippen LogP contribution in [-0.4, -0.2) is 58.2 Å². The van der Waals surface area contributed by atoms with Gasteiger partial charge in [-0.3, -0.25) is 0 Å². The molecular weight excluding hydrogens is 1420 g/mol. The molecule has 0 aliphatic heterocycles. The van der Waals surface area contributed by atoms with Crippen LogP contribution in [0.25, 0.3) is 0 Å². The Morgan fingerprint density at radius 1 is 0.224 bits per heavy atom. The van der Waals surface area contributed by atoms with E-state index in [9.17, 15) is 0 Å². The minimum Gasteiger partial charge on any atom is -1.00 e. The van der Waals surface area contributed by atoms with Crippen molar-refractivity contribution >= 4 is 74.1 Å². The number of hydrogen-bond acceptors (Lipinski definition) is 6. The first-order valence-corrected chi connectivity index (χ1v) is 31.3. The smallest absolute Gasteiger partial charge is 1.00 e. The number of benzene rings is 8. The first-order chi connectivity index (χ1) is 36.2. The Labute approximate surface area is 567 Å². The van der Waals surface area contributed by atoms with Gasteiger partial charge in [-0.15, -0.1) is 0 Å². The van der Waals surface area contributed by atoms with Crippen LogP contribution in [0.15, 0.2) is 266 Å². The molecule has 2 saturated carbocycles. The molecule has 0 unspecified atom stereocenters. The second-order valence-electron chi connectivity index (χ2n) is 18.7. The average molecular weight is 1500 g/mol. The summed E-state index contributed by atoms with van der Waals surface area (Å²) in [6.45, 7) is 0. The van der Waals surface area contributed by atoms with Crippen LogP contribution in [0.1, 0.15) is 38.5 Å². The van der Waals surface area contributed by atoms with E-state index in [1.54, 1.807) is 0 Å². The van der Waals surface area contributed by atoms with Gasteiger partial charge in [-0.2, -0.15) is 0 Å². The van der Waals surface area contributed by atoms with E-state index in [4.69, 9.17) is 34.4 Å². The van der Waals surface area contributed by atoms with Crippen molar-refractivity contribution in [1.82, 2.24) is 0 Å². The maximum Gasteiger partial charge on any atom is 3.00 e. The largest absolute Gasteiger partial charge is 3.00 e. The Morgan fingerprint density at radius 3 is 0.412 bits per heavy atom. The van der Waals surface area contributed by atoms with Gasteiger partial charge in [0.25, 0.3) is 0 Å². The van der Waals surface area contributed by atoms with Gasteiger partial charge in [0.1, 0.15) is 0 Å². The van der Waals surface area contributed by atoms with Crippen molar-refractivity contribution in [2.24, 2.45) is 34.4 Å². The molecule has 20 N–H and O–H groups in total. The maximum atomic E-state index is 5.66. The molecule has 1 radical (unpaired) electrons. The van der Waals surface area contributed by atoms with Gasteiger partial charge < -0.3 is 118 Å². The van der Waals surface area contributed by atoms with Crippen molar-refractivity contribution in [1.29, 1.82) is 0 Å². The van der Waals surface area contributed by atoms with E-state index in [0.717, 1.165) is 38.5 Å². The van der Waals surface area contributed by atoms with Gasteiger partial charge in [-0.05, 0) is 113 Å². The normalized spacial score (nSPS) is 17.0. The molecule has 2 fully saturated rings. The van der Waals surface area contributed by atoms with Crippen LogP contribution < -0.4 is 139 Å². The molecule has 2 aliphatic carbocycles. The minimum absolute atomic E-state index is 0. The van der Waals surface area contributed by atoms with Gasteiger partial charge in [-0.1, -0.05) is 266 Å². The average Bonchev–Trinajstić information content (AvgIpc) is 3.43. The van der Waals surface area contributed by atoms with Gasteiger partial charge in [0, 0.05) is 36.3 Å². The van der Waals surface area contributed by atoms with Crippen LogP contribution in [0.4, 0.5) is 0 Å².